The van der Waals surface area contributed by atoms with Crippen molar-refractivity contribution < 1.29 is 28.7 Å². The van der Waals surface area contributed by atoms with Gasteiger partial charge in [0.1, 0.15) is 17.2 Å². The summed E-state index contributed by atoms with van der Waals surface area (Å²) in [6.45, 7) is 15.7. The largest absolute Gasteiger partial charge is 0.444 e. The van der Waals surface area contributed by atoms with Crippen molar-refractivity contribution in [2.45, 2.75) is 104 Å². The first-order chi connectivity index (χ1) is 14.7. The summed E-state index contributed by atoms with van der Waals surface area (Å²) in [6.07, 6.45) is 2.52. The molecule has 8 nitrogen and oxygen atoms in total. The molecule has 2 saturated heterocycles. The molecule has 0 bridgehead atoms. The number of nitrogens with zero attached hydrogens (tertiary/aromatic N) is 2. The van der Waals surface area contributed by atoms with Crippen molar-refractivity contribution in [2.75, 3.05) is 18.8 Å². The van der Waals surface area contributed by atoms with Gasteiger partial charge in [0.25, 0.3) is 0 Å². The van der Waals surface area contributed by atoms with Crippen LogP contribution < -0.4 is 0 Å². The first kappa shape index (κ1) is 28.3. The first-order valence-corrected chi connectivity index (χ1v) is 12.3. The van der Waals surface area contributed by atoms with Gasteiger partial charge in [-0.05, 0) is 79.9 Å². The van der Waals surface area contributed by atoms with Crippen LogP contribution in [0.1, 0.15) is 81.1 Å². The van der Waals surface area contributed by atoms with Crippen LogP contribution in [0.4, 0.5) is 9.59 Å². The summed E-state index contributed by atoms with van der Waals surface area (Å²) in [5, 5.41) is 0.0795. The number of amides is 2. The minimum Gasteiger partial charge on any atom is -0.444 e. The molecule has 2 aliphatic heterocycles. The molecule has 0 aromatic carbocycles. The highest BCUT2D eigenvalue weighted by atomic mass is 32.2. The molecule has 0 aromatic rings. The molecule has 9 heteroatoms. The summed E-state index contributed by atoms with van der Waals surface area (Å²) >= 11 is 1.28. The van der Waals surface area contributed by atoms with Crippen LogP contribution >= 0.6 is 11.8 Å². The zero-order valence-electron chi connectivity index (χ0n) is 20.9. The smallest absolute Gasteiger partial charge is 0.410 e. The van der Waals surface area contributed by atoms with Gasteiger partial charge in [-0.2, -0.15) is 0 Å². The number of likely N-dealkylation sites (tertiary alicyclic amines) is 2. The van der Waals surface area contributed by atoms with Crippen molar-refractivity contribution in [3.8, 4) is 0 Å². The summed E-state index contributed by atoms with van der Waals surface area (Å²) in [7, 11) is 0. The fourth-order valence-corrected chi connectivity index (χ4v) is 4.24. The number of Topliss-reactive ketones (excluding diaryl/α,β-unsaturated/α-hetero) is 1. The first-order valence-electron chi connectivity index (χ1n) is 11.3. The van der Waals surface area contributed by atoms with Crippen LogP contribution in [0, 0.1) is 0 Å². The van der Waals surface area contributed by atoms with Crippen molar-refractivity contribution in [2.24, 2.45) is 0 Å². The Balaban J connectivity index is 0.000000323. The van der Waals surface area contributed by atoms with E-state index in [4.69, 9.17) is 9.47 Å². The van der Waals surface area contributed by atoms with Gasteiger partial charge in [-0.1, -0.05) is 18.7 Å². The van der Waals surface area contributed by atoms with E-state index in [-0.39, 0.29) is 35.2 Å². The lowest BCUT2D eigenvalue weighted by Crippen LogP contribution is -2.42. The third kappa shape index (κ3) is 9.38. The molecule has 0 aliphatic carbocycles. The van der Waals surface area contributed by atoms with Crippen LogP contribution in [0.25, 0.3) is 0 Å². The molecule has 2 fully saturated rings. The average Bonchev–Trinajstić information content (AvgIpc) is 3.29. The van der Waals surface area contributed by atoms with Crippen LogP contribution in [-0.2, 0) is 19.1 Å². The van der Waals surface area contributed by atoms with Crippen molar-refractivity contribution in [1.82, 2.24) is 9.80 Å². The highest BCUT2D eigenvalue weighted by molar-refractivity contribution is 8.13. The standard InChI is InChI=1S/C12H21NO3S.C11H19NO3/c1-5-17-10(14)9-7-6-8-13(9)11(15)16-12(2,3)4;1-8(13)9-6-5-7-12(9)10(14)15-11(2,3)4/h9H,5-8H2,1-4H3;9H,5-7H2,1-4H3/t2*9-/m00/s1. The van der Waals surface area contributed by atoms with Crippen molar-refractivity contribution in [3.05, 3.63) is 0 Å². The Kier molecular flexibility index (Phi) is 10.5. The van der Waals surface area contributed by atoms with E-state index in [1.165, 1.54) is 23.6 Å². The lowest BCUT2D eigenvalue weighted by atomic mass is 10.1. The zero-order chi connectivity index (χ0) is 24.7. The second kappa shape index (κ2) is 11.9. The Bertz CT molecular complexity index is 683. The van der Waals surface area contributed by atoms with Gasteiger partial charge >= 0.3 is 12.2 Å². The van der Waals surface area contributed by atoms with E-state index in [0.29, 0.717) is 13.1 Å². The zero-order valence-corrected chi connectivity index (χ0v) is 21.7. The van der Waals surface area contributed by atoms with Gasteiger partial charge in [0, 0.05) is 13.1 Å². The molecule has 2 atom stereocenters. The summed E-state index contributed by atoms with van der Waals surface area (Å²) in [5.41, 5.74) is -1.01. The molecular formula is C23H40N2O6S. The highest BCUT2D eigenvalue weighted by Gasteiger charge is 2.36. The Morgan fingerprint density at radius 2 is 1.22 bits per heavy atom. The summed E-state index contributed by atoms with van der Waals surface area (Å²) in [4.78, 5) is 49.9. The van der Waals surface area contributed by atoms with E-state index in [2.05, 4.69) is 0 Å². The minimum atomic E-state index is -0.509. The molecular weight excluding hydrogens is 432 g/mol. The molecule has 2 rings (SSSR count). The lowest BCUT2D eigenvalue weighted by Gasteiger charge is -2.27. The fourth-order valence-electron chi connectivity index (χ4n) is 3.52. The van der Waals surface area contributed by atoms with Gasteiger partial charge in [0.2, 0.25) is 5.12 Å². The van der Waals surface area contributed by atoms with E-state index in [0.717, 1.165) is 31.4 Å². The summed E-state index contributed by atoms with van der Waals surface area (Å²) < 4.78 is 10.5. The number of rotatable bonds is 3. The molecule has 0 N–H and O–H groups in total. The maximum Gasteiger partial charge on any atom is 0.410 e. The molecule has 2 amide bonds. The second-order valence-electron chi connectivity index (χ2n) is 10.0. The average molecular weight is 473 g/mol. The molecule has 0 radical (unpaired) electrons. The molecule has 2 aliphatic rings. The molecule has 32 heavy (non-hydrogen) atoms. The summed E-state index contributed by atoms with van der Waals surface area (Å²) in [6, 6.07) is -0.574. The Hall–Kier alpha value is -1.77. The molecule has 2 heterocycles. The number of hydrogen-bond donors (Lipinski definition) is 0. The topological polar surface area (TPSA) is 93.2 Å². The number of ether oxygens (including phenoxy) is 2. The highest BCUT2D eigenvalue weighted by Crippen LogP contribution is 2.25. The third-order valence-electron chi connectivity index (χ3n) is 4.79. The van der Waals surface area contributed by atoms with Crippen LogP contribution in [0.15, 0.2) is 0 Å². The van der Waals surface area contributed by atoms with Gasteiger partial charge < -0.3 is 9.47 Å². The third-order valence-corrected chi connectivity index (χ3v) is 5.63. The maximum absolute atomic E-state index is 11.9. The number of carbonyl (C=O) groups is 4. The van der Waals surface area contributed by atoms with Crippen LogP contribution in [-0.4, -0.2) is 75.0 Å². The van der Waals surface area contributed by atoms with Crippen LogP contribution in [0.5, 0.6) is 0 Å². The Morgan fingerprint density at radius 3 is 1.59 bits per heavy atom. The van der Waals surface area contributed by atoms with Crippen molar-refractivity contribution >= 4 is 34.8 Å². The number of thioether (sulfide) groups is 1. The van der Waals surface area contributed by atoms with Crippen molar-refractivity contribution in [1.29, 1.82) is 0 Å². The van der Waals surface area contributed by atoms with Gasteiger partial charge in [-0.15, -0.1) is 0 Å². The van der Waals surface area contributed by atoms with E-state index >= 15 is 0 Å². The predicted octanol–water partition coefficient (Wildman–Crippen LogP) is 4.64. The lowest BCUT2D eigenvalue weighted by molar-refractivity contribution is -0.121. The summed E-state index contributed by atoms with van der Waals surface area (Å²) in [5.74, 6) is 0.788. The van der Waals surface area contributed by atoms with Crippen LogP contribution in [0.3, 0.4) is 0 Å². The molecule has 0 aromatic heterocycles. The van der Waals surface area contributed by atoms with Gasteiger partial charge in [-0.3, -0.25) is 19.4 Å². The van der Waals surface area contributed by atoms with Gasteiger partial charge in [0.15, 0.2) is 5.78 Å². The van der Waals surface area contributed by atoms with E-state index < -0.39 is 11.2 Å². The van der Waals surface area contributed by atoms with Gasteiger partial charge in [-0.25, -0.2) is 9.59 Å². The Labute approximate surface area is 196 Å². The molecule has 184 valence electrons. The monoisotopic (exact) mass is 472 g/mol. The fraction of sp³-hybridized carbons (Fsp3) is 0.826. The van der Waals surface area contributed by atoms with E-state index in [1.807, 2.05) is 48.5 Å². The molecule has 0 saturated carbocycles. The molecule has 0 spiro atoms. The minimum absolute atomic E-state index is 0.0401. The maximum atomic E-state index is 11.9. The number of hydrogen-bond acceptors (Lipinski definition) is 7. The Morgan fingerprint density at radius 1 is 0.812 bits per heavy atom. The van der Waals surface area contributed by atoms with E-state index in [9.17, 15) is 19.2 Å². The number of carbonyl (C=O) groups excluding carboxylic acids is 4. The van der Waals surface area contributed by atoms with Crippen LogP contribution in [0.2, 0.25) is 0 Å². The quantitative estimate of drug-likeness (QED) is 0.591. The molecule has 0 unspecified atom stereocenters. The van der Waals surface area contributed by atoms with Crippen molar-refractivity contribution in [3.63, 3.8) is 0 Å². The van der Waals surface area contributed by atoms with E-state index in [1.54, 1.807) is 4.90 Å². The second-order valence-corrected chi connectivity index (χ2v) is 11.3. The predicted molar refractivity (Wildman–Crippen MR) is 126 cm³/mol. The van der Waals surface area contributed by atoms with Gasteiger partial charge in [0.05, 0.1) is 6.04 Å². The number of ketones is 1. The SMILES string of the molecule is CC(=O)[C@@H]1CCCN1C(=O)OC(C)(C)C.CCSC(=O)[C@@H]1CCCN1C(=O)OC(C)(C)C. The normalized spacial score (nSPS) is 21.0.